The van der Waals surface area contributed by atoms with Gasteiger partial charge in [-0.3, -0.25) is 0 Å². The number of sulfonamides is 1. The molecule has 0 amide bonds. The van der Waals surface area contributed by atoms with Crippen molar-refractivity contribution >= 4 is 44.7 Å². The largest absolute Gasteiger partial charge is 0.493 e. The minimum Gasteiger partial charge on any atom is -0.486 e. The fourth-order valence-electron chi connectivity index (χ4n) is 2.62. The van der Waals surface area contributed by atoms with E-state index >= 15 is 0 Å². The molecular weight excluding hydrogens is 509 g/mol. The van der Waals surface area contributed by atoms with Crippen molar-refractivity contribution in [3.05, 3.63) is 33.9 Å². The zero-order chi connectivity index (χ0) is 23.7. The van der Waals surface area contributed by atoms with Gasteiger partial charge in [-0.25, -0.2) is 18.6 Å². The maximum Gasteiger partial charge on any atom is 0.493 e. The Morgan fingerprint density at radius 3 is 2.66 bits per heavy atom. The van der Waals surface area contributed by atoms with Crippen LogP contribution in [0.25, 0.3) is 0 Å². The average Bonchev–Trinajstić information content (AvgIpc) is 3.23. The number of thiazole rings is 1. The highest BCUT2D eigenvalue weighted by Crippen LogP contribution is 2.35. The summed E-state index contributed by atoms with van der Waals surface area (Å²) in [6.45, 7) is 0.412. The van der Waals surface area contributed by atoms with E-state index in [-0.39, 0.29) is 18.7 Å². The zero-order valence-corrected chi connectivity index (χ0v) is 18.0. The van der Waals surface area contributed by atoms with E-state index in [4.69, 9.17) is 16.3 Å². The van der Waals surface area contributed by atoms with Crippen LogP contribution in [0.15, 0.2) is 27.9 Å². The van der Waals surface area contributed by atoms with Crippen LogP contribution < -0.4 is 14.5 Å². The predicted octanol–water partition coefficient (Wildman–Crippen LogP) is 3.23. The Hall–Kier alpha value is -2.23. The van der Waals surface area contributed by atoms with Crippen LogP contribution >= 0.6 is 22.9 Å². The molecule has 176 valence electrons. The van der Waals surface area contributed by atoms with E-state index in [1.807, 2.05) is 0 Å². The molecule has 0 bridgehead atoms. The van der Waals surface area contributed by atoms with Gasteiger partial charge in [0, 0.05) is 18.0 Å². The molecule has 2 heterocycles. The fraction of sp³-hybridized carbons (Fsp3) is 0.375. The number of alkyl halides is 4. The fourth-order valence-corrected chi connectivity index (χ4v) is 4.73. The lowest BCUT2D eigenvalue weighted by Crippen LogP contribution is -2.44. The number of aromatic nitrogens is 1. The number of piperidine rings is 1. The van der Waals surface area contributed by atoms with Crippen molar-refractivity contribution in [1.29, 1.82) is 0 Å². The van der Waals surface area contributed by atoms with Crippen molar-refractivity contribution in [3.8, 4) is 5.75 Å². The second kappa shape index (κ2) is 9.33. The third kappa shape index (κ3) is 5.22. The minimum atomic E-state index is -5.55. The summed E-state index contributed by atoms with van der Waals surface area (Å²) in [6.07, 6.45) is -7.73. The summed E-state index contributed by atoms with van der Waals surface area (Å²) in [7, 11) is -5.26. The number of carbonyl (C=O) groups is 1. The number of rotatable bonds is 6. The molecule has 0 unspecified atom stereocenters. The number of hydrogen-bond donors (Lipinski definition) is 1. The van der Waals surface area contributed by atoms with Gasteiger partial charge in [-0.05, 0) is 19.0 Å². The number of ether oxygens (including phenoxy) is 1. The number of carbonyl (C=O) groups excluding carboxylic acids is 1. The van der Waals surface area contributed by atoms with Crippen molar-refractivity contribution in [1.82, 2.24) is 10.3 Å². The van der Waals surface area contributed by atoms with Crippen molar-refractivity contribution in [2.45, 2.75) is 29.8 Å². The number of anilines is 1. The Balaban J connectivity index is 1.96. The molecule has 3 rings (SSSR count). The molecule has 0 saturated carbocycles. The summed E-state index contributed by atoms with van der Waals surface area (Å²) in [5.74, 6) is -5.46. The second-order valence-electron chi connectivity index (χ2n) is 6.33. The Bertz CT molecular complexity index is 1080. The highest BCUT2D eigenvalue weighted by Gasteiger charge is 2.46. The van der Waals surface area contributed by atoms with Crippen molar-refractivity contribution in [3.63, 3.8) is 0 Å². The van der Waals surface area contributed by atoms with Crippen LogP contribution in [0.4, 0.5) is 27.8 Å². The Morgan fingerprint density at radius 1 is 1.34 bits per heavy atom. The standard InChI is InChI=1S/C16H13ClF5N3O5S2/c17-8-3-13(9(18)4-12(8)29-11-1-2-23-5-10(11)19)32(27,28)25(14-6-31-7-24-14)30-15(26)16(20,21)22/h3-4,6-7,10-11,23H,1-2,5H2/t10-,11+/m1/s1. The number of benzene rings is 1. The molecular formula is C16H13ClF5N3O5S2. The van der Waals surface area contributed by atoms with E-state index in [1.54, 1.807) is 0 Å². The SMILES string of the molecule is O=C(ON(c1cscn1)S(=O)(=O)c1cc(Cl)c(O[C@H]2CCNC[C@H]2F)cc1F)C(F)(F)F. The van der Waals surface area contributed by atoms with Gasteiger partial charge in [0.1, 0.15) is 28.7 Å². The van der Waals surface area contributed by atoms with Crippen molar-refractivity contribution in [2.24, 2.45) is 0 Å². The number of nitrogens with one attached hydrogen (secondary N) is 1. The molecule has 0 spiro atoms. The highest BCUT2D eigenvalue weighted by molar-refractivity contribution is 7.92. The Kier molecular flexibility index (Phi) is 7.12. The molecule has 1 N–H and O–H groups in total. The third-order valence-electron chi connectivity index (χ3n) is 4.11. The van der Waals surface area contributed by atoms with Crippen molar-refractivity contribution in [2.75, 3.05) is 17.6 Å². The first kappa shape index (κ1) is 24.4. The Labute approximate surface area is 186 Å². The number of nitrogens with zero attached hydrogens (tertiary/aromatic N) is 2. The van der Waals surface area contributed by atoms with E-state index in [2.05, 4.69) is 15.1 Å². The van der Waals surface area contributed by atoms with Gasteiger partial charge in [-0.15, -0.1) is 11.3 Å². The maximum atomic E-state index is 14.7. The monoisotopic (exact) mass is 521 g/mol. The maximum absolute atomic E-state index is 14.7. The minimum absolute atomic E-state index is 0.00952. The number of halogens is 6. The van der Waals surface area contributed by atoms with Gasteiger partial charge in [-0.2, -0.15) is 21.6 Å². The van der Waals surface area contributed by atoms with Crippen LogP contribution in [0.5, 0.6) is 5.75 Å². The molecule has 1 aromatic heterocycles. The van der Waals surface area contributed by atoms with Gasteiger partial charge in [-0.1, -0.05) is 16.1 Å². The molecule has 1 aliphatic rings. The molecule has 2 atom stereocenters. The lowest BCUT2D eigenvalue weighted by molar-refractivity contribution is -0.199. The summed E-state index contributed by atoms with van der Waals surface area (Å²) in [5, 5.41) is 3.28. The van der Waals surface area contributed by atoms with Crippen LogP contribution in [-0.2, 0) is 19.7 Å². The first-order valence-corrected chi connectivity index (χ1v) is 11.4. The van der Waals surface area contributed by atoms with Crippen LogP contribution in [0.2, 0.25) is 5.02 Å². The quantitative estimate of drug-likeness (QED) is 0.460. The van der Waals surface area contributed by atoms with Gasteiger partial charge in [0.15, 0.2) is 5.82 Å². The van der Waals surface area contributed by atoms with E-state index in [1.165, 1.54) is 0 Å². The van der Waals surface area contributed by atoms with Crippen LogP contribution in [0.3, 0.4) is 0 Å². The lowest BCUT2D eigenvalue weighted by atomic mass is 10.1. The van der Waals surface area contributed by atoms with E-state index < -0.39 is 60.5 Å². The summed E-state index contributed by atoms with van der Waals surface area (Å²) in [6, 6.07) is 1.10. The Morgan fingerprint density at radius 2 is 2.06 bits per heavy atom. The molecule has 16 heteroatoms. The summed E-state index contributed by atoms with van der Waals surface area (Å²) >= 11 is 6.74. The van der Waals surface area contributed by atoms with Crippen LogP contribution in [0, 0.1) is 5.82 Å². The molecule has 1 aromatic carbocycles. The molecule has 0 radical (unpaired) electrons. The first-order chi connectivity index (χ1) is 14.9. The lowest BCUT2D eigenvalue weighted by Gasteiger charge is -2.28. The molecule has 32 heavy (non-hydrogen) atoms. The molecule has 1 saturated heterocycles. The molecule has 1 fully saturated rings. The normalized spacial score (nSPS) is 19.4. The van der Waals surface area contributed by atoms with Crippen LogP contribution in [-0.4, -0.2) is 50.9 Å². The molecule has 1 aliphatic heterocycles. The zero-order valence-electron chi connectivity index (χ0n) is 15.6. The average molecular weight is 522 g/mol. The molecule has 8 nitrogen and oxygen atoms in total. The van der Waals surface area contributed by atoms with Gasteiger partial charge in [0.05, 0.1) is 10.5 Å². The van der Waals surface area contributed by atoms with Crippen molar-refractivity contribution < 1.29 is 44.7 Å². The predicted molar refractivity (Wildman–Crippen MR) is 102 cm³/mol. The van der Waals surface area contributed by atoms with Gasteiger partial charge in [0.25, 0.3) is 10.0 Å². The third-order valence-corrected chi connectivity index (χ3v) is 6.55. The van der Waals surface area contributed by atoms with Gasteiger partial charge >= 0.3 is 12.1 Å². The number of hydrogen-bond acceptors (Lipinski definition) is 8. The smallest absolute Gasteiger partial charge is 0.486 e. The first-order valence-electron chi connectivity index (χ1n) is 8.64. The summed E-state index contributed by atoms with van der Waals surface area (Å²) < 4.78 is 97.2. The van der Waals surface area contributed by atoms with E-state index in [0.717, 1.165) is 22.2 Å². The van der Waals surface area contributed by atoms with Gasteiger partial charge in [0.2, 0.25) is 0 Å². The summed E-state index contributed by atoms with van der Waals surface area (Å²) in [4.78, 5) is 17.5. The summed E-state index contributed by atoms with van der Waals surface area (Å²) in [5.41, 5.74) is 1.05. The highest BCUT2D eigenvalue weighted by atomic mass is 35.5. The topological polar surface area (TPSA) is 97.8 Å². The molecule has 0 aliphatic carbocycles. The van der Waals surface area contributed by atoms with E-state index in [9.17, 15) is 35.2 Å². The van der Waals surface area contributed by atoms with E-state index in [0.29, 0.717) is 18.7 Å². The second-order valence-corrected chi connectivity index (χ2v) is 9.18. The molecule has 2 aromatic rings. The van der Waals surface area contributed by atoms with Crippen LogP contribution in [0.1, 0.15) is 6.42 Å². The van der Waals surface area contributed by atoms with Gasteiger partial charge < -0.3 is 14.9 Å².